The first-order chi connectivity index (χ1) is 17.4. The minimum absolute atomic E-state index is 0.232. The molecule has 1 saturated heterocycles. The van der Waals surface area contributed by atoms with Crippen LogP contribution in [0.15, 0.2) is 41.0 Å². The molecule has 0 bridgehead atoms. The van der Waals surface area contributed by atoms with E-state index < -0.39 is 0 Å². The molecule has 2 N–H and O–H groups in total. The fourth-order valence-electron chi connectivity index (χ4n) is 6.25. The number of nitrogens with zero attached hydrogens (tertiary/aromatic N) is 4. The molecule has 3 aromatic rings. The molecular formula is C29H40BrN5O. The number of hydrogen-bond donors (Lipinski definition) is 2. The molecule has 0 amide bonds. The highest BCUT2D eigenvalue weighted by atomic mass is 79.9. The van der Waals surface area contributed by atoms with Crippen molar-refractivity contribution in [2.45, 2.75) is 71.8 Å². The summed E-state index contributed by atoms with van der Waals surface area (Å²) in [4.78, 5) is 7.55. The maximum absolute atomic E-state index is 10.4. The number of phenols is 1. The molecule has 5 rings (SSSR count). The van der Waals surface area contributed by atoms with Gasteiger partial charge < -0.3 is 15.3 Å². The quantitative estimate of drug-likeness (QED) is 0.330. The van der Waals surface area contributed by atoms with Crippen molar-refractivity contribution in [1.82, 2.24) is 19.5 Å². The summed E-state index contributed by atoms with van der Waals surface area (Å²) in [5, 5.41) is 18.6. The molecule has 194 valence electrons. The van der Waals surface area contributed by atoms with Gasteiger partial charge in [-0.2, -0.15) is 9.61 Å². The largest absolute Gasteiger partial charge is 0.507 e. The second kappa shape index (κ2) is 10.7. The van der Waals surface area contributed by atoms with E-state index in [1.165, 1.54) is 58.0 Å². The Morgan fingerprint density at radius 3 is 2.67 bits per heavy atom. The molecule has 2 aromatic heterocycles. The van der Waals surface area contributed by atoms with Crippen molar-refractivity contribution in [2.75, 3.05) is 25.0 Å². The number of benzene rings is 1. The number of rotatable bonds is 7. The smallest absolute Gasteiger partial charge is 0.172 e. The first-order valence-electron chi connectivity index (χ1n) is 13.7. The Morgan fingerprint density at radius 2 is 1.92 bits per heavy atom. The first-order valence-corrected chi connectivity index (χ1v) is 14.5. The third-order valence-corrected chi connectivity index (χ3v) is 9.52. The summed E-state index contributed by atoms with van der Waals surface area (Å²) in [7, 11) is 0. The summed E-state index contributed by atoms with van der Waals surface area (Å²) in [5.74, 6) is 2.63. The Morgan fingerprint density at radius 1 is 1.14 bits per heavy atom. The van der Waals surface area contributed by atoms with E-state index in [2.05, 4.69) is 52.0 Å². The lowest BCUT2D eigenvalue weighted by atomic mass is 9.68. The molecule has 1 aliphatic carbocycles. The Bertz CT molecular complexity index is 1180. The Balaban J connectivity index is 1.26. The van der Waals surface area contributed by atoms with Crippen LogP contribution in [0.25, 0.3) is 16.9 Å². The zero-order valence-electron chi connectivity index (χ0n) is 21.9. The molecule has 1 atom stereocenters. The highest BCUT2D eigenvalue weighted by molar-refractivity contribution is 9.10. The number of hydrogen-bond acceptors (Lipinski definition) is 5. The Hall–Kier alpha value is -2.12. The molecule has 1 aliphatic heterocycles. The number of halogens is 1. The minimum atomic E-state index is 0.232. The van der Waals surface area contributed by atoms with Gasteiger partial charge in [0.2, 0.25) is 0 Å². The van der Waals surface area contributed by atoms with Crippen molar-refractivity contribution in [2.24, 2.45) is 17.3 Å². The average molecular weight is 555 g/mol. The molecule has 0 radical (unpaired) electrons. The third-order valence-electron chi connectivity index (χ3n) is 8.96. The summed E-state index contributed by atoms with van der Waals surface area (Å²) >= 11 is 3.58. The van der Waals surface area contributed by atoms with Gasteiger partial charge in [-0.15, -0.1) is 0 Å². The van der Waals surface area contributed by atoms with Gasteiger partial charge in [-0.05, 0) is 90.4 Å². The predicted molar refractivity (Wildman–Crippen MR) is 150 cm³/mol. The van der Waals surface area contributed by atoms with Crippen molar-refractivity contribution in [3.63, 3.8) is 0 Å². The SMILES string of the molecule is CCC(C)(C)C1CCC(N2CCCC(CNc3cc(-c4ccccc4O)nc4c(Br)cnn34)C2)CC1. The third kappa shape index (κ3) is 5.28. The maximum atomic E-state index is 10.4. The van der Waals surface area contributed by atoms with Crippen molar-refractivity contribution in [3.8, 4) is 17.0 Å². The molecule has 6 nitrogen and oxygen atoms in total. The van der Waals surface area contributed by atoms with E-state index in [-0.39, 0.29) is 5.75 Å². The topological polar surface area (TPSA) is 65.7 Å². The van der Waals surface area contributed by atoms with Crippen LogP contribution in [0.1, 0.15) is 65.7 Å². The van der Waals surface area contributed by atoms with E-state index in [1.807, 2.05) is 28.8 Å². The van der Waals surface area contributed by atoms with E-state index in [0.717, 1.165) is 45.7 Å². The predicted octanol–water partition coefficient (Wildman–Crippen LogP) is 6.98. The van der Waals surface area contributed by atoms with Crippen molar-refractivity contribution >= 4 is 27.4 Å². The molecule has 1 unspecified atom stereocenters. The van der Waals surface area contributed by atoms with E-state index in [9.17, 15) is 5.11 Å². The van der Waals surface area contributed by atoms with Crippen LogP contribution in [0.3, 0.4) is 0 Å². The van der Waals surface area contributed by atoms with Crippen LogP contribution in [-0.2, 0) is 0 Å². The van der Waals surface area contributed by atoms with Crippen LogP contribution < -0.4 is 5.32 Å². The number of likely N-dealkylation sites (tertiary alicyclic amines) is 1. The molecule has 36 heavy (non-hydrogen) atoms. The molecule has 1 saturated carbocycles. The molecule has 3 heterocycles. The van der Waals surface area contributed by atoms with Gasteiger partial charge >= 0.3 is 0 Å². The van der Waals surface area contributed by atoms with Crippen molar-refractivity contribution in [3.05, 3.63) is 41.0 Å². The van der Waals surface area contributed by atoms with Gasteiger partial charge in [0.1, 0.15) is 11.6 Å². The molecule has 7 heteroatoms. The van der Waals surface area contributed by atoms with E-state index in [4.69, 9.17) is 4.98 Å². The van der Waals surface area contributed by atoms with Gasteiger partial charge in [0.15, 0.2) is 5.65 Å². The summed E-state index contributed by atoms with van der Waals surface area (Å²) in [6.07, 6.45) is 11.0. The van der Waals surface area contributed by atoms with Crippen molar-refractivity contribution < 1.29 is 5.11 Å². The first kappa shape index (κ1) is 25.5. The normalized spacial score (nSPS) is 23.7. The lowest BCUT2D eigenvalue weighted by Crippen LogP contribution is -2.46. The van der Waals surface area contributed by atoms with Gasteiger partial charge in [0.25, 0.3) is 0 Å². The number of aromatic nitrogens is 3. The van der Waals surface area contributed by atoms with Gasteiger partial charge in [0.05, 0.1) is 16.4 Å². The zero-order chi connectivity index (χ0) is 25.3. The lowest BCUT2D eigenvalue weighted by molar-refractivity contribution is 0.0608. The monoisotopic (exact) mass is 553 g/mol. The molecule has 2 fully saturated rings. The van der Waals surface area contributed by atoms with Crippen LogP contribution >= 0.6 is 15.9 Å². The molecule has 2 aliphatic rings. The van der Waals surface area contributed by atoms with Crippen LogP contribution in [0.4, 0.5) is 5.82 Å². The number of piperidine rings is 1. The van der Waals surface area contributed by atoms with E-state index in [1.54, 1.807) is 12.3 Å². The second-order valence-electron chi connectivity index (χ2n) is 11.5. The Kier molecular flexibility index (Phi) is 7.59. The zero-order valence-corrected chi connectivity index (χ0v) is 23.5. The standard InChI is InChI=1S/C29H40BrN5O/c1-4-29(2,3)21-11-13-22(14-12-21)34-15-7-8-20(19-34)17-31-27-16-25(23-9-5-6-10-26(23)36)33-28-24(30)18-32-35(27)28/h5-6,9-10,16,18,20-22,31,36H,4,7-8,11-15,17,19H2,1-3H3. The lowest BCUT2D eigenvalue weighted by Gasteiger charge is -2.44. The molecular weight excluding hydrogens is 514 g/mol. The summed E-state index contributed by atoms with van der Waals surface area (Å²) in [6.45, 7) is 10.6. The van der Waals surface area contributed by atoms with Gasteiger partial charge in [0, 0.05) is 30.8 Å². The average Bonchev–Trinajstić information content (AvgIpc) is 3.28. The fourth-order valence-corrected chi connectivity index (χ4v) is 6.59. The summed E-state index contributed by atoms with van der Waals surface area (Å²) < 4.78 is 2.69. The maximum Gasteiger partial charge on any atom is 0.172 e. The second-order valence-corrected chi connectivity index (χ2v) is 12.4. The molecule has 1 aromatic carbocycles. The Labute approximate surface area is 223 Å². The number of phenolic OH excluding ortho intramolecular Hbond substituents is 1. The summed E-state index contributed by atoms with van der Waals surface area (Å²) in [6, 6.07) is 10.1. The number of nitrogens with one attached hydrogen (secondary N) is 1. The van der Waals surface area contributed by atoms with Crippen LogP contribution in [0, 0.1) is 17.3 Å². The van der Waals surface area contributed by atoms with Gasteiger partial charge in [-0.1, -0.05) is 39.3 Å². The van der Waals surface area contributed by atoms with Crippen LogP contribution in [0.2, 0.25) is 0 Å². The van der Waals surface area contributed by atoms with Crippen LogP contribution in [0.5, 0.6) is 5.75 Å². The number of aromatic hydroxyl groups is 1. The summed E-state index contributed by atoms with van der Waals surface area (Å²) in [5.41, 5.74) is 2.69. The molecule has 0 spiro atoms. The highest BCUT2D eigenvalue weighted by Gasteiger charge is 2.35. The minimum Gasteiger partial charge on any atom is -0.507 e. The number of para-hydroxylation sites is 1. The number of fused-ring (bicyclic) bond motifs is 1. The van der Waals surface area contributed by atoms with Gasteiger partial charge in [-0.25, -0.2) is 4.98 Å². The van der Waals surface area contributed by atoms with E-state index in [0.29, 0.717) is 11.3 Å². The van der Waals surface area contributed by atoms with Gasteiger partial charge in [-0.3, -0.25) is 0 Å². The van der Waals surface area contributed by atoms with Crippen molar-refractivity contribution in [1.29, 1.82) is 0 Å². The van der Waals surface area contributed by atoms with Crippen LogP contribution in [-0.4, -0.2) is 50.3 Å². The number of anilines is 1. The van der Waals surface area contributed by atoms with E-state index >= 15 is 0 Å². The fraction of sp³-hybridized carbons (Fsp3) is 0.586. The highest BCUT2D eigenvalue weighted by Crippen LogP contribution is 2.42.